The predicted molar refractivity (Wildman–Crippen MR) is 110 cm³/mol. The highest BCUT2D eigenvalue weighted by Crippen LogP contribution is 2.35. The van der Waals surface area contributed by atoms with Crippen molar-refractivity contribution in [2.24, 2.45) is 0 Å². The molecule has 2 aromatic carbocycles. The Morgan fingerprint density at radius 2 is 2.14 bits per heavy atom. The zero-order valence-electron chi connectivity index (χ0n) is 16.1. The second-order valence-electron chi connectivity index (χ2n) is 6.59. The van der Waals surface area contributed by atoms with E-state index in [-0.39, 0.29) is 28.1 Å². The summed E-state index contributed by atoms with van der Waals surface area (Å²) >= 11 is 0.870. The van der Waals surface area contributed by atoms with Crippen molar-refractivity contribution >= 4 is 29.6 Å². The van der Waals surface area contributed by atoms with Crippen LogP contribution in [0.4, 0.5) is 4.39 Å². The van der Waals surface area contributed by atoms with E-state index in [9.17, 15) is 14.0 Å². The number of carboxylic acids is 1. The van der Waals surface area contributed by atoms with E-state index in [0.717, 1.165) is 35.6 Å². The Morgan fingerprint density at radius 3 is 2.83 bits per heavy atom. The van der Waals surface area contributed by atoms with E-state index >= 15 is 0 Å². The normalized spacial score (nSPS) is 15.2. The molecule has 0 radical (unpaired) electrons. The Hall–Kier alpha value is -2.80. The molecule has 1 unspecified atom stereocenters. The van der Waals surface area contributed by atoms with Gasteiger partial charge < -0.3 is 14.6 Å². The monoisotopic (exact) mass is 416 g/mol. The molecule has 0 aromatic heterocycles. The van der Waals surface area contributed by atoms with Crippen molar-refractivity contribution in [1.29, 1.82) is 0 Å². The van der Waals surface area contributed by atoms with Gasteiger partial charge in [-0.25, -0.2) is 4.39 Å². The van der Waals surface area contributed by atoms with Crippen LogP contribution in [0.3, 0.4) is 0 Å². The van der Waals surface area contributed by atoms with E-state index in [1.165, 1.54) is 18.2 Å². The average molecular weight is 416 g/mol. The lowest BCUT2D eigenvalue weighted by Gasteiger charge is -2.10. The summed E-state index contributed by atoms with van der Waals surface area (Å²) in [6.07, 6.45) is 3.90. The average Bonchev–Trinajstić information content (AvgIpc) is 3.03. The van der Waals surface area contributed by atoms with Gasteiger partial charge in [-0.3, -0.25) is 9.59 Å². The smallest absolute Gasteiger partial charge is 0.313 e. The van der Waals surface area contributed by atoms with Crippen LogP contribution in [-0.2, 0) is 11.2 Å². The van der Waals surface area contributed by atoms with Crippen molar-refractivity contribution in [3.63, 3.8) is 0 Å². The molecule has 29 heavy (non-hydrogen) atoms. The number of thioether (sulfide) groups is 1. The topological polar surface area (TPSA) is 72.8 Å². The van der Waals surface area contributed by atoms with E-state index in [4.69, 9.17) is 14.6 Å². The first-order valence-corrected chi connectivity index (χ1v) is 10.2. The van der Waals surface area contributed by atoms with Crippen LogP contribution in [0.1, 0.15) is 35.3 Å². The zero-order chi connectivity index (χ0) is 21.0. The van der Waals surface area contributed by atoms with Crippen LogP contribution < -0.4 is 9.47 Å². The lowest BCUT2D eigenvalue weighted by Crippen LogP contribution is -2.05. The first-order valence-electron chi connectivity index (χ1n) is 9.20. The number of ketones is 1. The van der Waals surface area contributed by atoms with Crippen molar-refractivity contribution in [1.82, 2.24) is 0 Å². The highest BCUT2D eigenvalue weighted by molar-refractivity contribution is 8.00. The van der Waals surface area contributed by atoms with Crippen LogP contribution in [0.15, 0.2) is 41.3 Å². The number of benzene rings is 2. The largest absolute Gasteiger partial charge is 0.493 e. The quantitative estimate of drug-likeness (QED) is 0.385. The summed E-state index contributed by atoms with van der Waals surface area (Å²) in [5.41, 5.74) is 1.96. The molecule has 3 rings (SSSR count). The fraction of sp³-hybridized carbons (Fsp3) is 0.273. The van der Waals surface area contributed by atoms with Crippen molar-refractivity contribution < 1.29 is 28.6 Å². The Morgan fingerprint density at radius 1 is 1.34 bits per heavy atom. The first-order chi connectivity index (χ1) is 13.9. The molecule has 1 heterocycles. The SMILES string of the molecule is CCOc1cc2c(cc1/C=C/C(=O)c1ccc(SCC(=O)O)c(F)c1)OC(C)C2. The fourth-order valence-corrected chi connectivity index (χ4v) is 3.68. The third-order valence-corrected chi connectivity index (χ3v) is 5.34. The summed E-state index contributed by atoms with van der Waals surface area (Å²) in [5.74, 6) is -0.821. The van der Waals surface area contributed by atoms with Gasteiger partial charge in [-0.15, -0.1) is 11.8 Å². The maximum atomic E-state index is 14.1. The van der Waals surface area contributed by atoms with Crippen molar-refractivity contribution in [2.45, 2.75) is 31.3 Å². The van der Waals surface area contributed by atoms with Crippen LogP contribution >= 0.6 is 11.8 Å². The Balaban J connectivity index is 1.79. The minimum absolute atomic E-state index is 0.0980. The molecule has 1 atom stereocenters. The molecule has 0 saturated heterocycles. The molecule has 0 amide bonds. The molecule has 1 aliphatic rings. The summed E-state index contributed by atoms with van der Waals surface area (Å²) in [6.45, 7) is 4.37. The van der Waals surface area contributed by atoms with Gasteiger partial charge in [0.2, 0.25) is 0 Å². The number of hydrogen-bond donors (Lipinski definition) is 1. The maximum absolute atomic E-state index is 14.1. The summed E-state index contributed by atoms with van der Waals surface area (Å²) in [6, 6.07) is 7.80. The van der Waals surface area contributed by atoms with Crippen LogP contribution in [0.2, 0.25) is 0 Å². The summed E-state index contributed by atoms with van der Waals surface area (Å²) in [7, 11) is 0. The minimum Gasteiger partial charge on any atom is -0.493 e. The fourth-order valence-electron chi connectivity index (χ4n) is 3.04. The number of carboxylic acid groups (broad SMARTS) is 1. The van der Waals surface area contributed by atoms with Crippen LogP contribution in [0.5, 0.6) is 11.5 Å². The highest BCUT2D eigenvalue weighted by Gasteiger charge is 2.21. The standard InChI is InChI=1S/C22H21FO5S/c1-3-27-19-11-16-8-13(2)28-20(16)10-15(19)4-6-18(24)14-5-7-21(17(23)9-14)29-12-22(25)26/h4-7,9-11,13H,3,8,12H2,1-2H3,(H,25,26)/b6-4+. The van der Waals surface area contributed by atoms with Crippen molar-refractivity contribution in [3.05, 3.63) is 58.9 Å². The number of halogens is 1. The molecule has 0 spiro atoms. The summed E-state index contributed by atoms with van der Waals surface area (Å²) in [4.78, 5) is 23.3. The maximum Gasteiger partial charge on any atom is 0.313 e. The van der Waals surface area contributed by atoms with E-state index in [1.807, 2.05) is 26.0 Å². The molecule has 5 nitrogen and oxygen atoms in total. The number of carbonyl (C=O) groups is 2. The van der Waals surface area contributed by atoms with Gasteiger partial charge in [0.25, 0.3) is 0 Å². The Labute approximate surface area is 172 Å². The molecule has 0 aliphatic carbocycles. The third kappa shape index (κ3) is 5.17. The molecule has 1 aliphatic heterocycles. The van der Waals surface area contributed by atoms with E-state index in [2.05, 4.69) is 0 Å². The molecule has 152 valence electrons. The van der Waals surface area contributed by atoms with Crippen LogP contribution in [0, 0.1) is 5.82 Å². The first kappa shape index (κ1) is 20.9. The van der Waals surface area contributed by atoms with Gasteiger partial charge in [-0.1, -0.05) is 0 Å². The van der Waals surface area contributed by atoms with Crippen LogP contribution in [0.25, 0.3) is 6.08 Å². The zero-order valence-corrected chi connectivity index (χ0v) is 16.9. The predicted octanol–water partition coefficient (Wildman–Crippen LogP) is 4.62. The van der Waals surface area contributed by atoms with E-state index in [0.29, 0.717) is 17.9 Å². The molecular weight excluding hydrogens is 395 g/mol. The van der Waals surface area contributed by atoms with E-state index in [1.54, 1.807) is 6.08 Å². The van der Waals surface area contributed by atoms with Gasteiger partial charge in [0.15, 0.2) is 5.78 Å². The number of fused-ring (bicyclic) bond motifs is 1. The summed E-state index contributed by atoms with van der Waals surface area (Å²) in [5, 5.41) is 8.69. The number of carbonyl (C=O) groups excluding carboxylic acids is 1. The lowest BCUT2D eigenvalue weighted by atomic mass is 10.0. The Bertz CT molecular complexity index is 970. The molecule has 0 saturated carbocycles. The minimum atomic E-state index is -1.03. The second-order valence-corrected chi connectivity index (χ2v) is 7.61. The molecule has 0 bridgehead atoms. The third-order valence-electron chi connectivity index (χ3n) is 4.31. The van der Waals surface area contributed by atoms with Crippen molar-refractivity contribution in [3.8, 4) is 11.5 Å². The number of rotatable bonds is 8. The lowest BCUT2D eigenvalue weighted by molar-refractivity contribution is -0.133. The molecule has 7 heteroatoms. The molecule has 1 N–H and O–H groups in total. The van der Waals surface area contributed by atoms with Gasteiger partial charge in [-0.2, -0.15) is 0 Å². The van der Waals surface area contributed by atoms with Gasteiger partial charge in [0, 0.05) is 28.0 Å². The van der Waals surface area contributed by atoms with Gasteiger partial charge in [0.1, 0.15) is 23.4 Å². The highest BCUT2D eigenvalue weighted by atomic mass is 32.2. The number of allylic oxidation sites excluding steroid dienone is 1. The van der Waals surface area contributed by atoms with E-state index < -0.39 is 11.8 Å². The van der Waals surface area contributed by atoms with Gasteiger partial charge in [0.05, 0.1) is 12.4 Å². The Kier molecular flexibility index (Phi) is 6.59. The number of ether oxygens (including phenoxy) is 2. The van der Waals surface area contributed by atoms with Crippen molar-refractivity contribution in [2.75, 3.05) is 12.4 Å². The molecular formula is C22H21FO5S. The second kappa shape index (κ2) is 9.13. The number of aliphatic carboxylic acids is 1. The number of hydrogen-bond acceptors (Lipinski definition) is 5. The van der Waals surface area contributed by atoms with Gasteiger partial charge in [-0.05, 0) is 56.3 Å². The summed E-state index contributed by atoms with van der Waals surface area (Å²) < 4.78 is 25.6. The molecule has 0 fully saturated rings. The van der Waals surface area contributed by atoms with Gasteiger partial charge >= 0.3 is 5.97 Å². The molecule has 2 aromatic rings. The van der Waals surface area contributed by atoms with Crippen LogP contribution in [-0.4, -0.2) is 35.3 Å².